The van der Waals surface area contributed by atoms with E-state index in [9.17, 15) is 9.90 Å². The van der Waals surface area contributed by atoms with E-state index < -0.39 is 5.76 Å². The number of oxazole rings is 1. The Labute approximate surface area is 117 Å². The van der Waals surface area contributed by atoms with Gasteiger partial charge in [-0.25, -0.2) is 9.36 Å². The van der Waals surface area contributed by atoms with Crippen LogP contribution in [0.25, 0.3) is 0 Å². The third-order valence-electron chi connectivity index (χ3n) is 3.82. The molecule has 0 saturated carbocycles. The number of rotatable bonds is 4. The Balaban J connectivity index is 1.63. The highest BCUT2D eigenvalue weighted by Crippen LogP contribution is 2.27. The number of aromatic nitrogens is 1. The summed E-state index contributed by atoms with van der Waals surface area (Å²) in [6, 6.07) is 8.40. The number of fused-ring (bicyclic) bond motifs is 1. The molecule has 0 amide bonds. The highest BCUT2D eigenvalue weighted by Gasteiger charge is 2.18. The minimum absolute atomic E-state index is 0.0585. The van der Waals surface area contributed by atoms with E-state index in [0.717, 1.165) is 25.9 Å². The molecule has 0 unspecified atom stereocenters. The van der Waals surface area contributed by atoms with Gasteiger partial charge in [-0.2, -0.15) is 0 Å². The molecule has 3 rings (SSSR count). The van der Waals surface area contributed by atoms with E-state index in [2.05, 4.69) is 23.1 Å². The van der Waals surface area contributed by atoms with Crippen molar-refractivity contribution < 1.29 is 9.52 Å². The van der Waals surface area contributed by atoms with Gasteiger partial charge in [0.15, 0.2) is 5.76 Å². The van der Waals surface area contributed by atoms with Gasteiger partial charge in [-0.3, -0.25) is 0 Å². The van der Waals surface area contributed by atoms with Gasteiger partial charge in [-0.05, 0) is 31.4 Å². The number of benzene rings is 1. The quantitative estimate of drug-likeness (QED) is 0.925. The molecule has 0 bridgehead atoms. The molecule has 1 aliphatic rings. The molecular weight excluding hydrogens is 256 g/mol. The molecule has 1 aromatic carbocycles. The standard InChI is InChI=1S/C15H18N2O3/c1-11-14(18)17(15(19)20-11)9-4-8-16-10-7-12-5-2-3-6-13(12)16/h2-3,5-6,18H,4,7-10H2,1H3. The third kappa shape index (κ3) is 2.19. The van der Waals surface area contributed by atoms with Crippen LogP contribution in [0.1, 0.15) is 17.7 Å². The Morgan fingerprint density at radius 3 is 2.85 bits per heavy atom. The Bertz CT molecular complexity index is 672. The summed E-state index contributed by atoms with van der Waals surface area (Å²) in [5, 5.41) is 9.72. The first-order chi connectivity index (χ1) is 9.66. The second-order valence-corrected chi connectivity index (χ2v) is 5.12. The molecule has 5 heteroatoms. The molecule has 0 fully saturated rings. The fourth-order valence-corrected chi connectivity index (χ4v) is 2.76. The first kappa shape index (κ1) is 12.8. The molecule has 2 aromatic rings. The van der Waals surface area contributed by atoms with Gasteiger partial charge < -0.3 is 14.4 Å². The van der Waals surface area contributed by atoms with E-state index in [1.54, 1.807) is 6.92 Å². The van der Waals surface area contributed by atoms with E-state index in [0.29, 0.717) is 6.54 Å². The molecule has 1 aliphatic heterocycles. The van der Waals surface area contributed by atoms with Gasteiger partial charge >= 0.3 is 5.76 Å². The zero-order valence-electron chi connectivity index (χ0n) is 11.5. The minimum Gasteiger partial charge on any atom is -0.492 e. The van der Waals surface area contributed by atoms with Crippen molar-refractivity contribution in [2.24, 2.45) is 0 Å². The summed E-state index contributed by atoms with van der Waals surface area (Å²) < 4.78 is 6.16. The molecule has 106 valence electrons. The van der Waals surface area contributed by atoms with E-state index in [1.807, 2.05) is 6.07 Å². The van der Waals surface area contributed by atoms with Crippen molar-refractivity contribution in [3.63, 3.8) is 0 Å². The van der Waals surface area contributed by atoms with E-state index >= 15 is 0 Å². The number of anilines is 1. The predicted molar refractivity (Wildman–Crippen MR) is 76.3 cm³/mol. The van der Waals surface area contributed by atoms with Gasteiger partial charge in [0, 0.05) is 25.3 Å². The molecule has 1 N–H and O–H groups in total. The minimum atomic E-state index is -0.484. The Morgan fingerprint density at radius 1 is 1.30 bits per heavy atom. The van der Waals surface area contributed by atoms with Crippen LogP contribution < -0.4 is 10.7 Å². The zero-order valence-corrected chi connectivity index (χ0v) is 11.5. The van der Waals surface area contributed by atoms with E-state index in [4.69, 9.17) is 4.42 Å². The maximum atomic E-state index is 11.5. The third-order valence-corrected chi connectivity index (χ3v) is 3.82. The number of aryl methyl sites for hydroxylation is 1. The fourth-order valence-electron chi connectivity index (χ4n) is 2.76. The zero-order chi connectivity index (χ0) is 14.1. The molecule has 20 heavy (non-hydrogen) atoms. The smallest absolute Gasteiger partial charge is 0.422 e. The average Bonchev–Trinajstić information content (AvgIpc) is 2.95. The number of hydrogen-bond donors (Lipinski definition) is 1. The SMILES string of the molecule is Cc1oc(=O)n(CCCN2CCc3ccccc32)c1O. The first-order valence-corrected chi connectivity index (χ1v) is 6.89. The van der Waals surface area contributed by atoms with E-state index in [1.165, 1.54) is 15.8 Å². The molecule has 0 aliphatic carbocycles. The fraction of sp³-hybridized carbons (Fsp3) is 0.400. The van der Waals surface area contributed by atoms with Crippen molar-refractivity contribution in [1.82, 2.24) is 4.57 Å². The van der Waals surface area contributed by atoms with Crippen molar-refractivity contribution in [2.75, 3.05) is 18.0 Å². The summed E-state index contributed by atoms with van der Waals surface area (Å²) >= 11 is 0. The monoisotopic (exact) mass is 274 g/mol. The predicted octanol–water partition coefficient (Wildman–Crippen LogP) is 1.91. The number of hydrogen-bond acceptors (Lipinski definition) is 4. The molecule has 0 saturated heterocycles. The van der Waals surface area contributed by atoms with Gasteiger partial charge in [0.05, 0.1) is 0 Å². The van der Waals surface area contributed by atoms with Crippen molar-refractivity contribution in [3.8, 4) is 5.88 Å². The first-order valence-electron chi connectivity index (χ1n) is 6.89. The summed E-state index contributed by atoms with van der Waals surface area (Å²) in [5.41, 5.74) is 2.67. The van der Waals surface area contributed by atoms with Gasteiger partial charge in [0.2, 0.25) is 5.88 Å². The van der Waals surface area contributed by atoms with Crippen molar-refractivity contribution in [3.05, 3.63) is 46.1 Å². The van der Waals surface area contributed by atoms with Gasteiger partial charge in [-0.15, -0.1) is 0 Å². The highest BCUT2D eigenvalue weighted by molar-refractivity contribution is 5.57. The molecule has 5 nitrogen and oxygen atoms in total. The highest BCUT2D eigenvalue weighted by atomic mass is 16.4. The van der Waals surface area contributed by atoms with Crippen LogP contribution in [-0.4, -0.2) is 22.8 Å². The lowest BCUT2D eigenvalue weighted by Crippen LogP contribution is -2.24. The van der Waals surface area contributed by atoms with Crippen LogP contribution in [0.15, 0.2) is 33.5 Å². The van der Waals surface area contributed by atoms with E-state index in [-0.39, 0.29) is 11.6 Å². The van der Waals surface area contributed by atoms with Gasteiger partial charge in [0.1, 0.15) is 0 Å². The molecule has 0 atom stereocenters. The maximum absolute atomic E-state index is 11.5. The molecule has 0 spiro atoms. The molecule has 2 heterocycles. The molecule has 0 radical (unpaired) electrons. The van der Waals surface area contributed by atoms with Crippen LogP contribution in [0.4, 0.5) is 5.69 Å². The van der Waals surface area contributed by atoms with Gasteiger partial charge in [-0.1, -0.05) is 18.2 Å². The Morgan fingerprint density at radius 2 is 2.10 bits per heavy atom. The van der Waals surface area contributed by atoms with Crippen LogP contribution in [0.3, 0.4) is 0 Å². The lowest BCUT2D eigenvalue weighted by atomic mass is 10.2. The summed E-state index contributed by atoms with van der Waals surface area (Å²) in [5.74, 6) is -0.264. The average molecular weight is 274 g/mol. The number of para-hydroxylation sites is 1. The summed E-state index contributed by atoms with van der Waals surface area (Å²) in [6.07, 6.45) is 1.87. The normalized spacial score (nSPS) is 13.8. The lowest BCUT2D eigenvalue weighted by Gasteiger charge is -2.19. The lowest BCUT2D eigenvalue weighted by molar-refractivity contribution is 0.406. The second-order valence-electron chi connectivity index (χ2n) is 5.12. The van der Waals surface area contributed by atoms with Crippen molar-refractivity contribution in [1.29, 1.82) is 0 Å². The number of aromatic hydroxyl groups is 1. The Hall–Kier alpha value is -2.17. The van der Waals surface area contributed by atoms with Gasteiger partial charge in [0.25, 0.3) is 0 Å². The Kier molecular flexibility index (Phi) is 3.26. The van der Waals surface area contributed by atoms with Crippen LogP contribution in [0, 0.1) is 6.92 Å². The molecular formula is C15H18N2O3. The number of nitrogens with zero attached hydrogens (tertiary/aromatic N) is 2. The second kappa shape index (κ2) is 5.07. The van der Waals surface area contributed by atoms with Crippen molar-refractivity contribution in [2.45, 2.75) is 26.3 Å². The van der Waals surface area contributed by atoms with Crippen molar-refractivity contribution >= 4 is 5.69 Å². The summed E-state index contributed by atoms with van der Waals surface area (Å²) in [7, 11) is 0. The summed E-state index contributed by atoms with van der Waals surface area (Å²) in [4.78, 5) is 13.8. The van der Waals surface area contributed by atoms with Crippen LogP contribution in [0.2, 0.25) is 0 Å². The topological polar surface area (TPSA) is 58.6 Å². The van der Waals surface area contributed by atoms with Crippen LogP contribution >= 0.6 is 0 Å². The van der Waals surface area contributed by atoms with Crippen LogP contribution in [-0.2, 0) is 13.0 Å². The largest absolute Gasteiger partial charge is 0.492 e. The molecule has 1 aromatic heterocycles. The maximum Gasteiger partial charge on any atom is 0.422 e. The summed E-state index contributed by atoms with van der Waals surface area (Å²) in [6.45, 7) is 3.95. The van der Waals surface area contributed by atoms with Crippen LogP contribution in [0.5, 0.6) is 5.88 Å².